The van der Waals surface area contributed by atoms with Crippen molar-refractivity contribution in [3.63, 3.8) is 0 Å². The normalized spacial score (nSPS) is 13.9. The Morgan fingerprint density at radius 2 is 0.879 bits per heavy atom. The van der Waals surface area contributed by atoms with Crippen LogP contribution in [0.2, 0.25) is 0 Å². The van der Waals surface area contributed by atoms with E-state index in [0.717, 1.165) is 57.8 Å². The van der Waals surface area contributed by atoms with Crippen LogP contribution in [0.4, 0.5) is 0 Å². The lowest BCUT2D eigenvalue weighted by Crippen LogP contribution is -2.29. The van der Waals surface area contributed by atoms with Crippen molar-refractivity contribution in [3.05, 3.63) is 24.3 Å². The molecule has 0 aliphatic heterocycles. The summed E-state index contributed by atoms with van der Waals surface area (Å²) >= 11 is 0. The molecule has 342 valence electrons. The van der Waals surface area contributed by atoms with E-state index in [1.165, 1.54) is 128 Å². The van der Waals surface area contributed by atoms with Gasteiger partial charge < -0.3 is 24.6 Å². The van der Waals surface area contributed by atoms with Gasteiger partial charge in [-0.2, -0.15) is 0 Å². The van der Waals surface area contributed by atoms with Crippen LogP contribution in [0.25, 0.3) is 0 Å². The van der Waals surface area contributed by atoms with Gasteiger partial charge in [-0.05, 0) is 38.5 Å². The zero-order valence-corrected chi connectivity index (χ0v) is 38.2. The highest BCUT2D eigenvalue weighted by Gasteiger charge is 2.27. The number of unbranched alkanes of at least 4 members (excludes halogenated alkanes) is 28. The lowest BCUT2D eigenvalue weighted by atomic mass is 10.0. The van der Waals surface area contributed by atoms with E-state index in [1.54, 1.807) is 0 Å². The largest absolute Gasteiger partial charge is 0.472 e. The summed E-state index contributed by atoms with van der Waals surface area (Å²) in [6.07, 6.45) is 44.3. The molecule has 0 rings (SSSR count). The number of phosphoric ester groups is 1. The monoisotopic (exact) mass is 845 g/mol. The van der Waals surface area contributed by atoms with E-state index in [2.05, 4.69) is 38.2 Å². The predicted octanol–water partition coefficient (Wildman–Crippen LogP) is 13.0. The fraction of sp³-hybridized carbons (Fsp3) is 0.872. The van der Waals surface area contributed by atoms with Gasteiger partial charge in [-0.25, -0.2) is 4.57 Å². The molecule has 1 unspecified atom stereocenters. The highest BCUT2D eigenvalue weighted by Crippen LogP contribution is 2.43. The number of hydrogen-bond donors (Lipinski definition) is 3. The summed E-state index contributed by atoms with van der Waals surface area (Å²) in [6, 6.07) is 0. The van der Waals surface area contributed by atoms with E-state index in [4.69, 9.17) is 23.6 Å². The Morgan fingerprint density at radius 3 is 1.31 bits per heavy atom. The zero-order valence-electron chi connectivity index (χ0n) is 37.3. The van der Waals surface area contributed by atoms with Crippen LogP contribution in [0.3, 0.4) is 0 Å². The molecular weight excluding hydrogens is 755 g/mol. The number of allylic oxidation sites excluding steroid dienone is 4. The van der Waals surface area contributed by atoms with Crippen LogP contribution in [-0.4, -0.2) is 65.7 Å². The summed E-state index contributed by atoms with van der Waals surface area (Å²) in [5.41, 5.74) is 0. The Hall–Kier alpha value is -1.55. The smallest absolute Gasteiger partial charge is 0.462 e. The fourth-order valence-corrected chi connectivity index (χ4v) is 7.48. The second kappa shape index (κ2) is 43.5. The van der Waals surface area contributed by atoms with Crippen molar-refractivity contribution in [1.29, 1.82) is 0 Å². The van der Waals surface area contributed by atoms with E-state index in [-0.39, 0.29) is 19.4 Å². The molecule has 0 radical (unpaired) electrons. The molecule has 10 nitrogen and oxygen atoms in total. The number of carbonyl (C=O) groups is 2. The van der Waals surface area contributed by atoms with E-state index in [9.17, 15) is 24.2 Å². The number of aliphatic hydroxyl groups excluding tert-OH is 2. The van der Waals surface area contributed by atoms with Gasteiger partial charge >= 0.3 is 19.8 Å². The number of ether oxygens (including phenoxy) is 2. The SMILES string of the molecule is CCCCCC/C=C/C=C/CCCCCCCC(=O)OC[C@H](COP(=O)(O)OC[C@@H](O)CO)OC(=O)CCCCCCCCCCCCCCCCCCCCCC. The maximum Gasteiger partial charge on any atom is 0.472 e. The highest BCUT2D eigenvalue weighted by atomic mass is 31.2. The summed E-state index contributed by atoms with van der Waals surface area (Å²) in [5.74, 6) is -0.932. The number of esters is 2. The van der Waals surface area contributed by atoms with E-state index in [1.807, 2.05) is 0 Å². The van der Waals surface area contributed by atoms with Gasteiger partial charge in [-0.15, -0.1) is 0 Å². The third-order valence-corrected chi connectivity index (χ3v) is 11.3. The van der Waals surface area contributed by atoms with Gasteiger partial charge in [0.05, 0.1) is 19.8 Å². The summed E-state index contributed by atoms with van der Waals surface area (Å²) in [4.78, 5) is 35.1. The van der Waals surface area contributed by atoms with Crippen molar-refractivity contribution in [2.24, 2.45) is 0 Å². The Morgan fingerprint density at radius 1 is 0.517 bits per heavy atom. The lowest BCUT2D eigenvalue weighted by Gasteiger charge is -2.20. The number of aliphatic hydroxyl groups is 2. The van der Waals surface area contributed by atoms with Crippen molar-refractivity contribution in [3.8, 4) is 0 Å². The molecule has 0 heterocycles. The van der Waals surface area contributed by atoms with Gasteiger partial charge in [0.15, 0.2) is 6.10 Å². The Bertz CT molecular complexity index is 1020. The third kappa shape index (κ3) is 42.6. The van der Waals surface area contributed by atoms with Crippen LogP contribution in [0.15, 0.2) is 24.3 Å². The molecule has 0 fully saturated rings. The van der Waals surface area contributed by atoms with Crippen LogP contribution in [0, 0.1) is 0 Å². The molecule has 0 aliphatic rings. The molecule has 3 atom stereocenters. The molecule has 0 aromatic carbocycles. The van der Waals surface area contributed by atoms with Crippen LogP contribution in [-0.2, 0) is 32.7 Å². The second-order valence-electron chi connectivity index (χ2n) is 16.2. The molecule has 0 aromatic rings. The lowest BCUT2D eigenvalue weighted by molar-refractivity contribution is -0.161. The number of phosphoric acid groups is 1. The minimum absolute atomic E-state index is 0.186. The van der Waals surface area contributed by atoms with E-state index in [0.29, 0.717) is 12.8 Å². The molecular formula is C47H89O10P. The fourth-order valence-electron chi connectivity index (χ4n) is 6.69. The maximum atomic E-state index is 12.6. The summed E-state index contributed by atoms with van der Waals surface area (Å²) in [6.45, 7) is 2.38. The Kier molecular flexibility index (Phi) is 42.4. The van der Waals surface area contributed by atoms with Gasteiger partial charge in [0.2, 0.25) is 0 Å². The molecule has 3 N–H and O–H groups in total. The topological polar surface area (TPSA) is 149 Å². The first-order valence-electron chi connectivity index (χ1n) is 23.8. The minimum Gasteiger partial charge on any atom is -0.462 e. The van der Waals surface area contributed by atoms with Crippen LogP contribution < -0.4 is 0 Å². The Balaban J connectivity index is 4.21. The molecule has 0 bridgehead atoms. The predicted molar refractivity (Wildman–Crippen MR) is 238 cm³/mol. The average molecular weight is 845 g/mol. The van der Waals surface area contributed by atoms with Gasteiger partial charge in [0.1, 0.15) is 12.7 Å². The molecule has 0 amide bonds. The second-order valence-corrected chi connectivity index (χ2v) is 17.6. The van der Waals surface area contributed by atoms with Crippen LogP contribution in [0.5, 0.6) is 0 Å². The first-order valence-corrected chi connectivity index (χ1v) is 25.3. The third-order valence-electron chi connectivity index (χ3n) is 10.4. The molecule has 0 saturated heterocycles. The summed E-state index contributed by atoms with van der Waals surface area (Å²) < 4.78 is 32.8. The van der Waals surface area contributed by atoms with Crippen molar-refractivity contribution in [2.45, 2.75) is 238 Å². The molecule has 58 heavy (non-hydrogen) atoms. The number of hydrogen-bond acceptors (Lipinski definition) is 9. The highest BCUT2D eigenvalue weighted by molar-refractivity contribution is 7.47. The van der Waals surface area contributed by atoms with Crippen molar-refractivity contribution >= 4 is 19.8 Å². The van der Waals surface area contributed by atoms with Gasteiger partial charge in [0, 0.05) is 12.8 Å². The summed E-state index contributed by atoms with van der Waals surface area (Å²) in [5, 5.41) is 18.4. The number of rotatable bonds is 45. The molecule has 0 spiro atoms. The van der Waals surface area contributed by atoms with E-state index >= 15 is 0 Å². The van der Waals surface area contributed by atoms with Gasteiger partial charge in [0.25, 0.3) is 0 Å². The van der Waals surface area contributed by atoms with Crippen LogP contribution in [0.1, 0.15) is 226 Å². The Labute approximate surface area is 355 Å². The maximum absolute atomic E-state index is 12.6. The van der Waals surface area contributed by atoms with E-state index < -0.39 is 51.8 Å². The van der Waals surface area contributed by atoms with Crippen LogP contribution >= 0.6 is 7.82 Å². The first-order chi connectivity index (χ1) is 28.2. The molecule has 11 heteroatoms. The average Bonchev–Trinajstić information content (AvgIpc) is 3.21. The van der Waals surface area contributed by atoms with Crippen molar-refractivity contribution in [2.75, 3.05) is 26.4 Å². The quantitative estimate of drug-likeness (QED) is 0.0234. The van der Waals surface area contributed by atoms with Gasteiger partial charge in [-0.3, -0.25) is 18.6 Å². The minimum atomic E-state index is -4.62. The standard InChI is InChI=1S/C47H89O10P/c1-3-5-7-9-11-13-15-17-19-20-21-22-23-25-27-29-31-33-35-37-39-47(51)57-45(43-56-58(52,53)55-41-44(49)40-48)42-54-46(50)38-36-34-32-30-28-26-24-18-16-14-12-10-8-6-4-2/h14,16,18,24,44-45,48-49H,3-13,15,17,19-23,25-43H2,1-2H3,(H,52,53)/b16-14+,24-18+/t44-,45+/m0/s1. The van der Waals surface area contributed by atoms with Gasteiger partial charge in [-0.1, -0.05) is 199 Å². The zero-order chi connectivity index (χ0) is 42.6. The number of carbonyl (C=O) groups excluding carboxylic acids is 2. The summed E-state index contributed by atoms with van der Waals surface area (Å²) in [7, 11) is -4.62. The molecule has 0 aliphatic carbocycles. The van der Waals surface area contributed by atoms with Crippen molar-refractivity contribution in [1.82, 2.24) is 0 Å². The molecule has 0 saturated carbocycles. The first kappa shape index (κ1) is 56.5. The van der Waals surface area contributed by atoms with Crippen molar-refractivity contribution < 1.29 is 47.8 Å². The molecule has 0 aromatic heterocycles.